The third-order valence-corrected chi connectivity index (χ3v) is 3.80. The molecule has 66 valence electrons. The zero-order valence-electron chi connectivity index (χ0n) is 8.20. The summed E-state index contributed by atoms with van der Waals surface area (Å²) < 4.78 is 0. The van der Waals surface area contributed by atoms with Crippen molar-refractivity contribution in [3.05, 3.63) is 5.92 Å². The summed E-state index contributed by atoms with van der Waals surface area (Å²) in [4.78, 5) is 0. The minimum atomic E-state index is 0. The zero-order valence-corrected chi connectivity index (χ0v) is 10.4. The fourth-order valence-electron chi connectivity index (χ4n) is 2.90. The van der Waals surface area contributed by atoms with Crippen molar-refractivity contribution in [3.8, 4) is 0 Å². The van der Waals surface area contributed by atoms with Gasteiger partial charge in [-0.15, -0.1) is 0 Å². The van der Waals surface area contributed by atoms with Crippen LogP contribution in [0.1, 0.15) is 46.0 Å². The van der Waals surface area contributed by atoms with Crippen LogP contribution in [-0.4, -0.2) is 23.1 Å². The van der Waals surface area contributed by atoms with Crippen LogP contribution in [0.2, 0.25) is 0 Å². The van der Waals surface area contributed by atoms with Gasteiger partial charge < -0.3 is 18.3 Å². The molecule has 0 aromatic carbocycles. The fraction of sp³-hybridized carbons (Fsp3) is 0.900. The van der Waals surface area contributed by atoms with Gasteiger partial charge in [0.25, 0.3) is 0 Å². The minimum absolute atomic E-state index is 0. The van der Waals surface area contributed by atoms with E-state index in [2.05, 4.69) is 13.8 Å². The molecule has 0 nitrogen and oxygen atoms in total. The quantitative estimate of drug-likeness (QED) is 0.403. The molecule has 0 aromatic rings. The Hall–Kier alpha value is 1.06. The van der Waals surface area contributed by atoms with Crippen LogP contribution in [0.15, 0.2) is 0 Å². The van der Waals surface area contributed by atoms with Gasteiger partial charge in [0, 0.05) is 0 Å². The third kappa shape index (κ3) is 1.93. The van der Waals surface area contributed by atoms with E-state index in [0.29, 0.717) is 0 Å². The van der Waals surface area contributed by atoms with Gasteiger partial charge in [0.1, 0.15) is 0 Å². The van der Waals surface area contributed by atoms with Gasteiger partial charge in [0.05, 0.1) is 0 Å². The molecule has 2 rings (SSSR count). The standard InChI is InChI=1S/C10H17.ClH.Mg/c1-8(2)10-5-3-9(7-10)4-6-10;;/h9H,3-7H2,1-2H3;1H;/q-1;;+2/p-1. The number of hydrogen-bond donors (Lipinski definition) is 0. The molecule has 0 radical (unpaired) electrons. The molecule has 0 aliphatic heterocycles. The van der Waals surface area contributed by atoms with Gasteiger partial charge in [0.15, 0.2) is 0 Å². The molecule has 0 atom stereocenters. The molecule has 2 heteroatoms. The van der Waals surface area contributed by atoms with E-state index in [0.717, 1.165) is 11.3 Å². The first kappa shape index (κ1) is 13.1. The first-order valence-corrected chi connectivity index (χ1v) is 4.54. The predicted octanol–water partition coefficient (Wildman–Crippen LogP) is -0.196. The molecule has 2 fully saturated rings. The van der Waals surface area contributed by atoms with Gasteiger partial charge in [-0.25, -0.2) is 0 Å². The third-order valence-electron chi connectivity index (χ3n) is 3.80. The molecule has 0 heterocycles. The van der Waals surface area contributed by atoms with Crippen LogP contribution < -0.4 is 12.4 Å². The Labute approximate surface area is 98.4 Å². The van der Waals surface area contributed by atoms with Crippen LogP contribution in [0, 0.1) is 17.3 Å². The minimum Gasteiger partial charge on any atom is -1.00 e. The summed E-state index contributed by atoms with van der Waals surface area (Å²) in [5.74, 6) is 2.81. The summed E-state index contributed by atoms with van der Waals surface area (Å²) in [5.41, 5.74) is 0.727. The normalized spacial score (nSPS) is 37.8. The number of hydrogen-bond acceptors (Lipinski definition) is 0. The molecular formula is C10H17ClMg. The molecule has 0 spiro atoms. The zero-order chi connectivity index (χ0) is 7.19. The van der Waals surface area contributed by atoms with Gasteiger partial charge in [-0.2, -0.15) is 19.3 Å². The molecule has 0 saturated heterocycles. The molecule has 0 aromatic heterocycles. The SMILES string of the molecule is C[C-](C)C12CCC(CC1)C2.[Cl-].[Mg+2]. The van der Waals surface area contributed by atoms with Crippen molar-refractivity contribution >= 4 is 23.1 Å². The van der Waals surface area contributed by atoms with Crippen LogP contribution >= 0.6 is 0 Å². The van der Waals surface area contributed by atoms with Gasteiger partial charge in [-0.3, -0.25) is 0 Å². The van der Waals surface area contributed by atoms with Crippen LogP contribution in [-0.2, 0) is 0 Å². The van der Waals surface area contributed by atoms with E-state index in [9.17, 15) is 0 Å². The molecular weight excluding hydrogens is 180 g/mol. The van der Waals surface area contributed by atoms with Crippen molar-refractivity contribution in [2.24, 2.45) is 11.3 Å². The first-order valence-electron chi connectivity index (χ1n) is 4.54. The van der Waals surface area contributed by atoms with Crippen molar-refractivity contribution in [3.63, 3.8) is 0 Å². The van der Waals surface area contributed by atoms with Crippen LogP contribution in [0.3, 0.4) is 0 Å². The maximum Gasteiger partial charge on any atom is 2.00 e. The number of halogens is 1. The largest absolute Gasteiger partial charge is 2.00 e. The molecule has 2 aliphatic rings. The van der Waals surface area contributed by atoms with Gasteiger partial charge >= 0.3 is 23.1 Å². The van der Waals surface area contributed by atoms with E-state index >= 15 is 0 Å². The molecule has 0 unspecified atom stereocenters. The maximum atomic E-state index is 2.33. The van der Waals surface area contributed by atoms with E-state index < -0.39 is 0 Å². The second kappa shape index (κ2) is 4.52. The van der Waals surface area contributed by atoms with E-state index in [1.165, 1.54) is 32.1 Å². The van der Waals surface area contributed by atoms with Gasteiger partial charge in [-0.1, -0.05) is 32.1 Å². The van der Waals surface area contributed by atoms with Crippen molar-refractivity contribution in [2.75, 3.05) is 0 Å². The van der Waals surface area contributed by atoms with E-state index in [1.54, 1.807) is 5.92 Å². The van der Waals surface area contributed by atoms with Gasteiger partial charge in [0.2, 0.25) is 0 Å². The smallest absolute Gasteiger partial charge is 1.00 e. The molecule has 2 bridgehead atoms. The van der Waals surface area contributed by atoms with E-state index in [1.807, 2.05) is 0 Å². The second-order valence-corrected chi connectivity index (χ2v) is 4.43. The summed E-state index contributed by atoms with van der Waals surface area (Å²) >= 11 is 0. The molecule has 0 amide bonds. The van der Waals surface area contributed by atoms with Crippen molar-refractivity contribution in [1.29, 1.82) is 0 Å². The summed E-state index contributed by atoms with van der Waals surface area (Å²) in [7, 11) is 0. The summed E-state index contributed by atoms with van der Waals surface area (Å²) in [6.45, 7) is 4.65. The van der Waals surface area contributed by atoms with Crippen LogP contribution in [0.25, 0.3) is 0 Å². The van der Waals surface area contributed by atoms with Gasteiger partial charge in [-0.05, 0) is 5.92 Å². The summed E-state index contributed by atoms with van der Waals surface area (Å²) in [6.07, 6.45) is 7.56. The average Bonchev–Trinajstić information content (AvgIpc) is 2.45. The van der Waals surface area contributed by atoms with Crippen molar-refractivity contribution < 1.29 is 12.4 Å². The first-order chi connectivity index (χ1) is 4.73. The Morgan fingerprint density at radius 3 is 1.83 bits per heavy atom. The fourth-order valence-corrected chi connectivity index (χ4v) is 2.90. The Balaban J connectivity index is 0.000000605. The van der Waals surface area contributed by atoms with Crippen molar-refractivity contribution in [2.45, 2.75) is 46.0 Å². The Morgan fingerprint density at radius 2 is 1.67 bits per heavy atom. The Kier molecular flexibility index (Phi) is 4.92. The maximum absolute atomic E-state index is 2.33. The number of rotatable bonds is 1. The topological polar surface area (TPSA) is 0 Å². The summed E-state index contributed by atoms with van der Waals surface area (Å²) in [6, 6.07) is 0. The monoisotopic (exact) mass is 196 g/mol. The summed E-state index contributed by atoms with van der Waals surface area (Å²) in [5, 5.41) is 0. The molecule has 12 heavy (non-hydrogen) atoms. The molecule has 2 saturated carbocycles. The van der Waals surface area contributed by atoms with Crippen molar-refractivity contribution in [1.82, 2.24) is 0 Å². The average molecular weight is 197 g/mol. The van der Waals surface area contributed by atoms with Crippen LogP contribution in [0.4, 0.5) is 0 Å². The second-order valence-electron chi connectivity index (χ2n) is 4.43. The predicted molar refractivity (Wildman–Crippen MR) is 49.4 cm³/mol. The number of fused-ring (bicyclic) bond motifs is 2. The Bertz CT molecular complexity index is 137. The van der Waals surface area contributed by atoms with E-state index in [4.69, 9.17) is 0 Å². The molecule has 2 aliphatic carbocycles. The molecule has 0 N–H and O–H groups in total. The Morgan fingerprint density at radius 1 is 1.17 bits per heavy atom. The van der Waals surface area contributed by atoms with Crippen LogP contribution in [0.5, 0.6) is 0 Å². The van der Waals surface area contributed by atoms with E-state index in [-0.39, 0.29) is 35.5 Å².